The largest absolute Gasteiger partial charge is 0.467 e. The molecule has 1 aliphatic rings. The molecular formula is C18H16N2O3. The average Bonchev–Trinajstić information content (AvgIpc) is 3.34. The fourth-order valence-corrected chi connectivity index (χ4v) is 3.05. The van der Waals surface area contributed by atoms with Crippen molar-refractivity contribution in [3.8, 4) is 11.3 Å². The lowest BCUT2D eigenvalue weighted by Gasteiger charge is -2.21. The van der Waals surface area contributed by atoms with E-state index in [0.717, 1.165) is 24.2 Å². The molecule has 0 N–H and O–H groups in total. The SMILES string of the molecule is O=C(c1cc(-c2ccccc2)on1)N1CCC[C@@H]1c1ccco1. The van der Waals surface area contributed by atoms with E-state index in [0.29, 0.717) is 18.0 Å². The Hall–Kier alpha value is -2.82. The fraction of sp³-hybridized carbons (Fsp3) is 0.222. The minimum absolute atomic E-state index is 0.0191. The number of nitrogens with zero attached hydrogens (tertiary/aromatic N) is 2. The van der Waals surface area contributed by atoms with Crippen molar-refractivity contribution in [2.75, 3.05) is 6.54 Å². The molecule has 0 aliphatic carbocycles. The van der Waals surface area contributed by atoms with Crippen molar-refractivity contribution in [1.82, 2.24) is 10.1 Å². The van der Waals surface area contributed by atoms with E-state index in [1.165, 1.54) is 0 Å². The molecular weight excluding hydrogens is 292 g/mol. The van der Waals surface area contributed by atoms with Gasteiger partial charge in [-0.05, 0) is 25.0 Å². The summed E-state index contributed by atoms with van der Waals surface area (Å²) in [6.07, 6.45) is 3.50. The van der Waals surface area contributed by atoms with E-state index < -0.39 is 0 Å². The summed E-state index contributed by atoms with van der Waals surface area (Å²) in [5.74, 6) is 1.31. The lowest BCUT2D eigenvalue weighted by atomic mass is 10.1. The summed E-state index contributed by atoms with van der Waals surface area (Å²) in [6, 6.07) is 15.1. The van der Waals surface area contributed by atoms with Gasteiger partial charge in [0.15, 0.2) is 11.5 Å². The molecule has 116 valence electrons. The Morgan fingerprint density at radius 1 is 1.17 bits per heavy atom. The van der Waals surface area contributed by atoms with E-state index in [9.17, 15) is 4.79 Å². The van der Waals surface area contributed by atoms with E-state index in [1.807, 2.05) is 47.4 Å². The minimum atomic E-state index is -0.116. The third kappa shape index (κ3) is 2.54. The van der Waals surface area contributed by atoms with Crippen LogP contribution in [0.4, 0.5) is 0 Å². The Kier molecular flexibility index (Phi) is 3.46. The van der Waals surface area contributed by atoms with Crippen molar-refractivity contribution in [2.24, 2.45) is 0 Å². The van der Waals surface area contributed by atoms with Gasteiger partial charge >= 0.3 is 0 Å². The molecule has 0 unspecified atom stereocenters. The maximum atomic E-state index is 12.8. The van der Waals surface area contributed by atoms with Crippen LogP contribution in [0.1, 0.15) is 35.1 Å². The fourth-order valence-electron chi connectivity index (χ4n) is 3.05. The van der Waals surface area contributed by atoms with Gasteiger partial charge in [0.25, 0.3) is 5.91 Å². The number of hydrogen-bond acceptors (Lipinski definition) is 4. The number of carbonyl (C=O) groups excluding carboxylic acids is 1. The van der Waals surface area contributed by atoms with Gasteiger partial charge in [-0.2, -0.15) is 0 Å². The van der Waals surface area contributed by atoms with Crippen LogP contribution < -0.4 is 0 Å². The Balaban J connectivity index is 1.59. The van der Waals surface area contributed by atoms with Crippen molar-refractivity contribution in [3.63, 3.8) is 0 Å². The lowest BCUT2D eigenvalue weighted by Crippen LogP contribution is -2.30. The summed E-state index contributed by atoms with van der Waals surface area (Å²) in [4.78, 5) is 14.6. The molecule has 5 heteroatoms. The number of benzene rings is 1. The van der Waals surface area contributed by atoms with Gasteiger partial charge < -0.3 is 13.8 Å². The smallest absolute Gasteiger partial charge is 0.276 e. The summed E-state index contributed by atoms with van der Waals surface area (Å²) in [5, 5.41) is 3.96. The third-order valence-corrected chi connectivity index (χ3v) is 4.17. The Morgan fingerprint density at radius 3 is 2.83 bits per heavy atom. The van der Waals surface area contributed by atoms with Crippen molar-refractivity contribution >= 4 is 5.91 Å². The van der Waals surface area contributed by atoms with Crippen LogP contribution in [0.25, 0.3) is 11.3 Å². The van der Waals surface area contributed by atoms with Gasteiger partial charge in [0, 0.05) is 18.2 Å². The summed E-state index contributed by atoms with van der Waals surface area (Å²) in [6.45, 7) is 0.706. The average molecular weight is 308 g/mol. The first-order valence-corrected chi connectivity index (χ1v) is 7.69. The number of furan rings is 1. The van der Waals surface area contributed by atoms with Crippen LogP contribution in [0.15, 0.2) is 63.7 Å². The summed E-state index contributed by atoms with van der Waals surface area (Å²) >= 11 is 0. The van der Waals surface area contributed by atoms with Crippen LogP contribution in [-0.4, -0.2) is 22.5 Å². The normalized spacial score (nSPS) is 17.6. The second kappa shape index (κ2) is 5.76. The first-order valence-electron chi connectivity index (χ1n) is 7.69. The number of rotatable bonds is 3. The number of carbonyl (C=O) groups is 1. The molecule has 0 spiro atoms. The molecule has 1 aliphatic heterocycles. The maximum Gasteiger partial charge on any atom is 0.276 e. The van der Waals surface area contributed by atoms with E-state index in [-0.39, 0.29) is 11.9 Å². The van der Waals surface area contributed by atoms with Crippen molar-refractivity contribution in [1.29, 1.82) is 0 Å². The number of likely N-dealkylation sites (tertiary alicyclic amines) is 1. The van der Waals surface area contributed by atoms with E-state index >= 15 is 0 Å². The standard InChI is InChI=1S/C18H16N2O3/c21-18(20-10-4-8-15(20)16-9-5-11-22-16)14-12-17(23-19-14)13-6-2-1-3-7-13/h1-3,5-7,9,11-12,15H,4,8,10H2/t15-/m1/s1. The number of aromatic nitrogens is 1. The van der Waals surface area contributed by atoms with Crippen LogP contribution in [0, 0.1) is 0 Å². The van der Waals surface area contributed by atoms with Crippen molar-refractivity contribution in [3.05, 3.63) is 66.2 Å². The van der Waals surface area contributed by atoms with E-state index in [2.05, 4.69) is 5.16 Å². The highest BCUT2D eigenvalue weighted by Crippen LogP contribution is 2.33. The summed E-state index contributed by atoms with van der Waals surface area (Å²) in [5.41, 5.74) is 1.24. The quantitative estimate of drug-likeness (QED) is 0.736. The van der Waals surface area contributed by atoms with Crippen LogP contribution >= 0.6 is 0 Å². The molecule has 4 rings (SSSR count). The van der Waals surface area contributed by atoms with Crippen molar-refractivity contribution in [2.45, 2.75) is 18.9 Å². The molecule has 0 bridgehead atoms. The number of hydrogen-bond donors (Lipinski definition) is 0. The zero-order chi connectivity index (χ0) is 15.6. The van der Waals surface area contributed by atoms with Gasteiger partial charge in [-0.15, -0.1) is 0 Å². The van der Waals surface area contributed by atoms with Crippen LogP contribution in [0.5, 0.6) is 0 Å². The molecule has 0 saturated carbocycles. The van der Waals surface area contributed by atoms with Crippen LogP contribution in [-0.2, 0) is 0 Å². The maximum absolute atomic E-state index is 12.8. The zero-order valence-electron chi connectivity index (χ0n) is 12.5. The zero-order valence-corrected chi connectivity index (χ0v) is 12.5. The predicted molar refractivity (Wildman–Crippen MR) is 83.7 cm³/mol. The van der Waals surface area contributed by atoms with Gasteiger partial charge in [0.05, 0.1) is 12.3 Å². The van der Waals surface area contributed by atoms with Gasteiger partial charge in [0.1, 0.15) is 5.76 Å². The molecule has 1 aromatic carbocycles. The first kappa shape index (κ1) is 13.8. The molecule has 23 heavy (non-hydrogen) atoms. The highest BCUT2D eigenvalue weighted by atomic mass is 16.5. The lowest BCUT2D eigenvalue weighted by molar-refractivity contribution is 0.0709. The summed E-state index contributed by atoms with van der Waals surface area (Å²) in [7, 11) is 0. The van der Waals surface area contributed by atoms with E-state index in [4.69, 9.17) is 8.94 Å². The molecule has 2 aromatic heterocycles. The van der Waals surface area contributed by atoms with Gasteiger partial charge in [-0.3, -0.25) is 4.79 Å². The first-order chi connectivity index (χ1) is 11.3. The predicted octanol–water partition coefficient (Wildman–Crippen LogP) is 3.91. The van der Waals surface area contributed by atoms with Crippen LogP contribution in [0.3, 0.4) is 0 Å². The van der Waals surface area contributed by atoms with Gasteiger partial charge in [-0.25, -0.2) is 0 Å². The monoisotopic (exact) mass is 308 g/mol. The highest BCUT2D eigenvalue weighted by molar-refractivity contribution is 5.93. The Bertz CT molecular complexity index is 793. The van der Waals surface area contributed by atoms with Gasteiger partial charge in [0.2, 0.25) is 0 Å². The minimum Gasteiger partial charge on any atom is -0.467 e. The van der Waals surface area contributed by atoms with E-state index in [1.54, 1.807) is 12.3 Å². The molecule has 3 aromatic rings. The Labute approximate surface area is 133 Å². The molecule has 1 amide bonds. The highest BCUT2D eigenvalue weighted by Gasteiger charge is 2.33. The number of amides is 1. The molecule has 1 saturated heterocycles. The molecule has 5 nitrogen and oxygen atoms in total. The molecule has 1 fully saturated rings. The summed E-state index contributed by atoms with van der Waals surface area (Å²) < 4.78 is 10.8. The molecule has 3 heterocycles. The Morgan fingerprint density at radius 2 is 2.04 bits per heavy atom. The van der Waals surface area contributed by atoms with Crippen molar-refractivity contribution < 1.29 is 13.7 Å². The van der Waals surface area contributed by atoms with Crippen LogP contribution in [0.2, 0.25) is 0 Å². The third-order valence-electron chi connectivity index (χ3n) is 4.17. The van der Waals surface area contributed by atoms with Gasteiger partial charge in [-0.1, -0.05) is 35.5 Å². The topological polar surface area (TPSA) is 59.5 Å². The molecule has 1 atom stereocenters. The second-order valence-corrected chi connectivity index (χ2v) is 5.61. The molecule has 0 radical (unpaired) electrons. The second-order valence-electron chi connectivity index (χ2n) is 5.61.